The average Bonchev–Trinajstić information content (AvgIpc) is 2.98. The minimum Gasteiger partial charge on any atom is -0.396 e. The van der Waals surface area contributed by atoms with Gasteiger partial charge in [0.05, 0.1) is 10.6 Å². The minimum absolute atomic E-state index is 0.0425. The summed E-state index contributed by atoms with van der Waals surface area (Å²) in [6.45, 7) is 1.54. The first-order chi connectivity index (χ1) is 10.1. The number of hydrogen-bond donors (Lipinski definition) is 3. The number of nitrogens with one attached hydrogen (secondary N) is 1. The summed E-state index contributed by atoms with van der Waals surface area (Å²) in [7, 11) is 0. The molecule has 21 heavy (non-hydrogen) atoms. The van der Waals surface area contributed by atoms with Crippen LogP contribution in [-0.2, 0) is 0 Å². The predicted octanol–water partition coefficient (Wildman–Crippen LogP) is 2.23. The third kappa shape index (κ3) is 3.11. The second-order valence-corrected chi connectivity index (χ2v) is 5.43. The number of hydrazine groups is 1. The lowest BCUT2D eigenvalue weighted by atomic mass is 10.1. The zero-order valence-corrected chi connectivity index (χ0v) is 12.2. The van der Waals surface area contributed by atoms with E-state index in [-0.39, 0.29) is 17.2 Å². The van der Waals surface area contributed by atoms with Gasteiger partial charge in [0.15, 0.2) is 11.5 Å². The van der Waals surface area contributed by atoms with E-state index >= 15 is 0 Å². The molecular weight excluding hydrogens is 284 g/mol. The Kier molecular flexibility index (Phi) is 4.38. The maximum absolute atomic E-state index is 11.4. The van der Waals surface area contributed by atoms with E-state index in [4.69, 9.17) is 16.8 Å². The summed E-state index contributed by atoms with van der Waals surface area (Å²) in [5, 5.41) is 8.94. The molecule has 0 fully saturated rings. The van der Waals surface area contributed by atoms with Gasteiger partial charge < -0.3 is 11.2 Å². The van der Waals surface area contributed by atoms with Crippen LogP contribution in [0, 0.1) is 11.3 Å². The van der Waals surface area contributed by atoms with Gasteiger partial charge in [0.2, 0.25) is 0 Å². The van der Waals surface area contributed by atoms with E-state index in [0.717, 1.165) is 10.4 Å². The molecule has 5 N–H and O–H groups in total. The summed E-state index contributed by atoms with van der Waals surface area (Å²) in [4.78, 5) is 13.0. The molecule has 2 aromatic rings. The molecule has 0 radical (unpaired) electrons. The number of ketones is 1. The number of carbonyl (C=O) groups excluding carboxylic acids is 1. The van der Waals surface area contributed by atoms with Crippen molar-refractivity contribution in [2.24, 2.45) is 11.6 Å². The molecule has 0 saturated carbocycles. The number of thiophene rings is 1. The Morgan fingerprint density at radius 3 is 2.67 bits per heavy atom. The number of rotatable bonds is 4. The molecule has 0 atom stereocenters. The monoisotopic (exact) mass is 298 g/mol. The molecule has 1 aromatic carbocycles. The summed E-state index contributed by atoms with van der Waals surface area (Å²) >= 11 is 1.42. The van der Waals surface area contributed by atoms with E-state index in [2.05, 4.69) is 5.43 Å². The summed E-state index contributed by atoms with van der Waals surface area (Å²) < 4.78 is 0. The molecule has 1 heterocycles. The molecule has 5 nitrogen and oxygen atoms in total. The maximum atomic E-state index is 11.4. The lowest BCUT2D eigenvalue weighted by molar-refractivity contribution is 0.102. The molecular formula is C15H14N4OS. The van der Waals surface area contributed by atoms with Gasteiger partial charge in [0.25, 0.3) is 0 Å². The van der Waals surface area contributed by atoms with Gasteiger partial charge in [-0.15, -0.1) is 11.3 Å². The molecule has 0 aliphatic rings. The van der Waals surface area contributed by atoms with Crippen molar-refractivity contribution in [3.8, 4) is 16.5 Å². The summed E-state index contributed by atoms with van der Waals surface area (Å²) in [5.74, 6) is 5.30. The van der Waals surface area contributed by atoms with Crippen LogP contribution in [0.2, 0.25) is 0 Å². The van der Waals surface area contributed by atoms with Crippen LogP contribution >= 0.6 is 11.3 Å². The molecule has 0 saturated heterocycles. The van der Waals surface area contributed by atoms with Crippen molar-refractivity contribution >= 4 is 22.8 Å². The number of nitriles is 1. The normalized spacial score (nSPS) is 11.5. The van der Waals surface area contributed by atoms with Crippen molar-refractivity contribution in [3.63, 3.8) is 0 Å². The van der Waals surface area contributed by atoms with Crippen molar-refractivity contribution in [1.29, 1.82) is 5.26 Å². The van der Waals surface area contributed by atoms with Crippen molar-refractivity contribution in [2.75, 3.05) is 0 Å². The van der Waals surface area contributed by atoms with Crippen molar-refractivity contribution < 1.29 is 4.79 Å². The number of nitrogens with two attached hydrogens (primary N) is 2. The van der Waals surface area contributed by atoms with Gasteiger partial charge in [0.1, 0.15) is 6.07 Å². The van der Waals surface area contributed by atoms with Crippen molar-refractivity contribution in [3.05, 3.63) is 52.5 Å². The molecule has 2 rings (SSSR count). The maximum Gasteiger partial charge on any atom is 0.169 e. The summed E-state index contributed by atoms with van der Waals surface area (Å²) in [6.07, 6.45) is 0. The SMILES string of the molecule is CC(=O)c1ccc(-c2cccc(/C(N)=C(\C#N)NN)c2)s1. The number of hydrogen-bond acceptors (Lipinski definition) is 6. The lowest BCUT2D eigenvalue weighted by Gasteiger charge is -2.07. The second-order valence-electron chi connectivity index (χ2n) is 4.35. The smallest absolute Gasteiger partial charge is 0.169 e. The Bertz CT molecular complexity index is 755. The van der Waals surface area contributed by atoms with Crippen LogP contribution in [0.4, 0.5) is 0 Å². The predicted molar refractivity (Wildman–Crippen MR) is 83.8 cm³/mol. The first-order valence-electron chi connectivity index (χ1n) is 6.15. The standard InChI is InChI=1S/C15H14N4OS/c1-9(20)13-5-6-14(21-13)10-3-2-4-11(7-10)15(17)12(8-16)19-18/h2-7,19H,17-18H2,1H3/b15-12-. The van der Waals surface area contributed by atoms with E-state index in [0.29, 0.717) is 10.4 Å². The number of Topliss-reactive ketones (excluding diaryl/α,β-unsaturated/α-hetero) is 1. The number of nitrogens with zero attached hydrogens (tertiary/aromatic N) is 1. The average molecular weight is 298 g/mol. The zero-order chi connectivity index (χ0) is 15.4. The highest BCUT2D eigenvalue weighted by atomic mass is 32.1. The van der Waals surface area contributed by atoms with Gasteiger partial charge in [-0.2, -0.15) is 5.26 Å². The van der Waals surface area contributed by atoms with Crippen LogP contribution < -0.4 is 17.0 Å². The van der Waals surface area contributed by atoms with Crippen LogP contribution in [0.15, 0.2) is 42.1 Å². The molecule has 0 spiro atoms. The molecule has 0 aliphatic carbocycles. The van der Waals surface area contributed by atoms with E-state index in [9.17, 15) is 4.79 Å². The van der Waals surface area contributed by atoms with E-state index in [1.165, 1.54) is 11.3 Å². The van der Waals surface area contributed by atoms with Crippen LogP contribution in [0.5, 0.6) is 0 Å². The summed E-state index contributed by atoms with van der Waals surface area (Å²) in [6, 6.07) is 13.0. The first-order valence-corrected chi connectivity index (χ1v) is 6.96. The topological polar surface area (TPSA) is 105 Å². The minimum atomic E-state index is 0.0425. The Morgan fingerprint density at radius 1 is 1.33 bits per heavy atom. The quantitative estimate of drug-likeness (QED) is 0.347. The number of benzene rings is 1. The Labute approximate surface area is 126 Å². The highest BCUT2D eigenvalue weighted by molar-refractivity contribution is 7.17. The lowest BCUT2D eigenvalue weighted by Crippen LogP contribution is -2.23. The molecule has 106 valence electrons. The molecule has 0 aliphatic heterocycles. The number of allylic oxidation sites excluding steroid dienone is 1. The van der Waals surface area contributed by atoms with Crippen molar-refractivity contribution in [2.45, 2.75) is 6.92 Å². The van der Waals surface area contributed by atoms with Crippen LogP contribution in [0.25, 0.3) is 16.1 Å². The fourth-order valence-corrected chi connectivity index (χ4v) is 2.73. The Balaban J connectivity index is 2.44. The van der Waals surface area contributed by atoms with Gasteiger partial charge in [-0.1, -0.05) is 18.2 Å². The number of carbonyl (C=O) groups is 1. The fourth-order valence-electron chi connectivity index (χ4n) is 1.84. The third-order valence-corrected chi connectivity index (χ3v) is 4.17. The van der Waals surface area contributed by atoms with Crippen LogP contribution in [-0.4, -0.2) is 5.78 Å². The van der Waals surface area contributed by atoms with Gasteiger partial charge in [0, 0.05) is 10.4 Å². The molecule has 1 aromatic heterocycles. The Morgan fingerprint density at radius 2 is 2.10 bits per heavy atom. The van der Waals surface area contributed by atoms with Gasteiger partial charge in [-0.05, 0) is 30.7 Å². The van der Waals surface area contributed by atoms with Gasteiger partial charge >= 0.3 is 0 Å². The van der Waals surface area contributed by atoms with E-state index in [1.54, 1.807) is 19.1 Å². The molecule has 0 unspecified atom stereocenters. The van der Waals surface area contributed by atoms with E-state index in [1.807, 2.05) is 30.3 Å². The molecule has 6 heteroatoms. The highest BCUT2D eigenvalue weighted by Gasteiger charge is 2.09. The van der Waals surface area contributed by atoms with Crippen LogP contribution in [0.1, 0.15) is 22.2 Å². The third-order valence-electron chi connectivity index (χ3n) is 2.94. The first kappa shape index (κ1) is 14.8. The van der Waals surface area contributed by atoms with Crippen LogP contribution in [0.3, 0.4) is 0 Å². The zero-order valence-electron chi connectivity index (χ0n) is 11.4. The highest BCUT2D eigenvalue weighted by Crippen LogP contribution is 2.29. The molecule has 0 amide bonds. The molecule has 0 bridgehead atoms. The van der Waals surface area contributed by atoms with Crippen molar-refractivity contribution in [1.82, 2.24) is 5.43 Å². The summed E-state index contributed by atoms with van der Waals surface area (Å²) in [5.41, 5.74) is 10.2. The van der Waals surface area contributed by atoms with Gasteiger partial charge in [-0.3, -0.25) is 4.79 Å². The fraction of sp³-hybridized carbons (Fsp3) is 0.0667. The van der Waals surface area contributed by atoms with E-state index < -0.39 is 0 Å². The Hall–Kier alpha value is -2.62. The largest absolute Gasteiger partial charge is 0.396 e. The second kappa shape index (κ2) is 6.22. The van der Waals surface area contributed by atoms with Gasteiger partial charge in [-0.25, -0.2) is 5.84 Å².